The van der Waals surface area contributed by atoms with Crippen LogP contribution in [0.2, 0.25) is 0 Å². The van der Waals surface area contributed by atoms with Gasteiger partial charge in [0.05, 0.1) is 0 Å². The highest BCUT2D eigenvalue weighted by Crippen LogP contribution is 1.98. The van der Waals surface area contributed by atoms with E-state index < -0.39 is 5.97 Å². The number of hydrogen-bond donors (Lipinski definition) is 2. The molecule has 0 bridgehead atoms. The van der Waals surface area contributed by atoms with Crippen LogP contribution >= 0.6 is 24.0 Å². The summed E-state index contributed by atoms with van der Waals surface area (Å²) in [4.78, 5) is 9.98. The molecule has 0 radical (unpaired) electrons. The summed E-state index contributed by atoms with van der Waals surface area (Å²) in [5, 5.41) is 10.8. The van der Waals surface area contributed by atoms with E-state index in [9.17, 15) is 4.79 Å². The molecule has 0 saturated carbocycles. The summed E-state index contributed by atoms with van der Waals surface area (Å²) in [6, 6.07) is 0. The van der Waals surface area contributed by atoms with Crippen molar-refractivity contribution in [1.29, 1.82) is 0 Å². The van der Waals surface area contributed by atoms with Crippen LogP contribution in [0.25, 0.3) is 0 Å². The molecular weight excluding hydrogens is 170 g/mol. The van der Waals surface area contributed by atoms with Crippen molar-refractivity contribution < 1.29 is 9.90 Å². The van der Waals surface area contributed by atoms with Gasteiger partial charge in [0, 0.05) is 0 Å². The molecule has 0 unspecified atom stereocenters. The van der Waals surface area contributed by atoms with Crippen LogP contribution in [0.5, 0.6) is 0 Å². The Morgan fingerprint density at radius 2 is 2.40 bits per heavy atom. The maximum Gasteiger partial charge on any atom is 0.322 e. The number of carbonyl (C=O) groups is 1. The molecule has 0 aliphatic rings. The quantitative estimate of drug-likeness (QED) is 0.624. The van der Waals surface area contributed by atoms with Crippen molar-refractivity contribution >= 4 is 34.3 Å². The van der Waals surface area contributed by atoms with E-state index in [4.69, 9.17) is 17.3 Å². The largest absolute Gasteiger partial charge is 0.480 e. The van der Waals surface area contributed by atoms with Gasteiger partial charge < -0.3 is 10.4 Å². The number of carboxylic acids is 1. The molecule has 0 aromatic heterocycles. The Kier molecular flexibility index (Phi) is 5.33. The molecule has 0 aliphatic carbocycles. The molecule has 0 aromatic rings. The van der Waals surface area contributed by atoms with Crippen molar-refractivity contribution in [2.24, 2.45) is 0 Å². The van der Waals surface area contributed by atoms with E-state index in [-0.39, 0.29) is 6.54 Å². The fourth-order valence-electron chi connectivity index (χ4n) is 0.330. The Morgan fingerprint density at radius 1 is 1.80 bits per heavy atom. The number of nitrogens with one attached hydrogen (secondary N) is 1. The van der Waals surface area contributed by atoms with Gasteiger partial charge in [-0.2, -0.15) is 0 Å². The first-order chi connectivity index (χ1) is 4.66. The molecule has 58 valence electrons. The second-order valence-electron chi connectivity index (χ2n) is 1.47. The van der Waals surface area contributed by atoms with Crippen molar-refractivity contribution in [3.05, 3.63) is 0 Å². The van der Waals surface area contributed by atoms with Gasteiger partial charge in [0.1, 0.15) is 10.9 Å². The van der Waals surface area contributed by atoms with Crippen LogP contribution in [0.15, 0.2) is 0 Å². The van der Waals surface area contributed by atoms with Crippen molar-refractivity contribution in [1.82, 2.24) is 5.32 Å². The van der Waals surface area contributed by atoms with E-state index in [1.54, 1.807) is 0 Å². The Balaban J connectivity index is 3.30. The highest BCUT2D eigenvalue weighted by molar-refractivity contribution is 8.22. The Morgan fingerprint density at radius 3 is 2.80 bits per heavy atom. The van der Waals surface area contributed by atoms with E-state index in [0.717, 1.165) is 5.75 Å². The molecule has 0 aliphatic heterocycles. The number of hydrogen-bond acceptors (Lipinski definition) is 3. The zero-order valence-corrected chi connectivity index (χ0v) is 7.22. The molecule has 2 N–H and O–H groups in total. The van der Waals surface area contributed by atoms with Crippen molar-refractivity contribution in [2.75, 3.05) is 12.3 Å². The second kappa shape index (κ2) is 5.49. The number of aliphatic carboxylic acids is 1. The lowest BCUT2D eigenvalue weighted by Crippen LogP contribution is -2.25. The third kappa shape index (κ3) is 5.84. The SMILES string of the molecule is CCSC(=S)NCC(=O)O. The van der Waals surface area contributed by atoms with Gasteiger partial charge in [0.2, 0.25) is 0 Å². The van der Waals surface area contributed by atoms with Crippen LogP contribution in [-0.2, 0) is 4.79 Å². The molecule has 0 fully saturated rings. The monoisotopic (exact) mass is 179 g/mol. The molecule has 0 saturated heterocycles. The molecule has 0 spiro atoms. The van der Waals surface area contributed by atoms with Gasteiger partial charge in [-0.25, -0.2) is 0 Å². The zero-order chi connectivity index (χ0) is 7.98. The lowest BCUT2D eigenvalue weighted by molar-refractivity contribution is -0.135. The number of rotatable bonds is 3. The van der Waals surface area contributed by atoms with Crippen LogP contribution < -0.4 is 5.32 Å². The molecule has 0 amide bonds. The average molecular weight is 179 g/mol. The lowest BCUT2D eigenvalue weighted by Gasteiger charge is -2.00. The van der Waals surface area contributed by atoms with Crippen molar-refractivity contribution in [3.63, 3.8) is 0 Å². The molecule has 5 heteroatoms. The summed E-state index contributed by atoms with van der Waals surface area (Å²) in [7, 11) is 0. The predicted octanol–water partition coefficient (Wildman–Crippen LogP) is 0.699. The number of thiocarbonyl (C=S) groups is 1. The molecule has 0 rings (SSSR count). The Labute approximate surface area is 69.2 Å². The number of thioether (sulfide) groups is 1. The molecule has 0 aromatic carbocycles. The molecular formula is C5H9NO2S2. The van der Waals surface area contributed by atoms with E-state index in [2.05, 4.69) is 5.32 Å². The average Bonchev–Trinajstić information content (AvgIpc) is 1.85. The van der Waals surface area contributed by atoms with Crippen LogP contribution in [0.3, 0.4) is 0 Å². The summed E-state index contributed by atoms with van der Waals surface area (Å²) < 4.78 is 0.546. The fourth-order valence-corrected chi connectivity index (χ4v) is 1.19. The van der Waals surface area contributed by atoms with E-state index in [1.807, 2.05) is 6.92 Å². The maximum atomic E-state index is 9.98. The zero-order valence-electron chi connectivity index (χ0n) is 5.59. The summed E-state index contributed by atoms with van der Waals surface area (Å²) in [5.41, 5.74) is 0. The third-order valence-electron chi connectivity index (χ3n) is 0.659. The summed E-state index contributed by atoms with van der Waals surface area (Å²) in [6.45, 7) is 1.87. The van der Waals surface area contributed by atoms with Crippen LogP contribution in [0.4, 0.5) is 0 Å². The molecule has 3 nitrogen and oxygen atoms in total. The van der Waals surface area contributed by atoms with Gasteiger partial charge in [0.25, 0.3) is 0 Å². The number of carboxylic acid groups (broad SMARTS) is 1. The van der Waals surface area contributed by atoms with Gasteiger partial charge in [0.15, 0.2) is 0 Å². The van der Waals surface area contributed by atoms with Gasteiger partial charge in [-0.3, -0.25) is 4.79 Å². The van der Waals surface area contributed by atoms with Crippen LogP contribution in [0.1, 0.15) is 6.92 Å². The molecule has 0 atom stereocenters. The second-order valence-corrected chi connectivity index (χ2v) is 3.41. The first-order valence-electron chi connectivity index (χ1n) is 2.79. The molecule has 0 heterocycles. The highest BCUT2D eigenvalue weighted by atomic mass is 32.2. The summed E-state index contributed by atoms with van der Waals surface area (Å²) in [6.07, 6.45) is 0. The van der Waals surface area contributed by atoms with Gasteiger partial charge in [-0.05, 0) is 5.75 Å². The van der Waals surface area contributed by atoms with Gasteiger partial charge in [-0.15, -0.1) is 0 Å². The normalized spacial score (nSPS) is 8.90. The van der Waals surface area contributed by atoms with E-state index in [1.165, 1.54) is 11.8 Å². The Hall–Kier alpha value is -0.290. The smallest absolute Gasteiger partial charge is 0.322 e. The van der Waals surface area contributed by atoms with Crippen molar-refractivity contribution in [3.8, 4) is 0 Å². The van der Waals surface area contributed by atoms with Crippen LogP contribution in [0, 0.1) is 0 Å². The van der Waals surface area contributed by atoms with E-state index in [0.29, 0.717) is 4.32 Å². The fraction of sp³-hybridized carbons (Fsp3) is 0.600. The van der Waals surface area contributed by atoms with Crippen LogP contribution in [-0.4, -0.2) is 27.7 Å². The van der Waals surface area contributed by atoms with E-state index >= 15 is 0 Å². The first-order valence-corrected chi connectivity index (χ1v) is 4.18. The summed E-state index contributed by atoms with van der Waals surface area (Å²) >= 11 is 6.19. The molecule has 10 heavy (non-hydrogen) atoms. The van der Waals surface area contributed by atoms with Gasteiger partial charge >= 0.3 is 5.97 Å². The summed E-state index contributed by atoms with van der Waals surface area (Å²) in [5.74, 6) is -0.0232. The lowest BCUT2D eigenvalue weighted by atomic mass is 10.7. The third-order valence-corrected chi connectivity index (χ3v) is 1.85. The Bertz CT molecular complexity index is 138. The minimum absolute atomic E-state index is 0.0914. The highest BCUT2D eigenvalue weighted by Gasteiger charge is 1.97. The minimum atomic E-state index is -0.890. The van der Waals surface area contributed by atoms with Crippen molar-refractivity contribution in [2.45, 2.75) is 6.92 Å². The minimum Gasteiger partial charge on any atom is -0.480 e. The first kappa shape index (κ1) is 9.71. The standard InChI is InChI=1S/C5H9NO2S2/c1-2-10-5(9)6-3-4(7)8/h2-3H2,1H3,(H,6,9)(H,7,8). The van der Waals surface area contributed by atoms with Gasteiger partial charge in [-0.1, -0.05) is 30.9 Å². The topological polar surface area (TPSA) is 49.3 Å². The maximum absolute atomic E-state index is 9.98. The predicted molar refractivity (Wildman–Crippen MR) is 46.4 cm³/mol.